The van der Waals surface area contributed by atoms with Gasteiger partial charge in [0.25, 0.3) is 0 Å². The predicted octanol–water partition coefficient (Wildman–Crippen LogP) is 4.77. The highest BCUT2D eigenvalue weighted by Crippen LogP contribution is 2.30. The van der Waals surface area contributed by atoms with Gasteiger partial charge in [0, 0.05) is 30.4 Å². The van der Waals surface area contributed by atoms with Crippen LogP contribution in [0.15, 0.2) is 48.7 Å². The molecular formula is C19H17F3N2O2. The normalized spacial score (nSPS) is 11.5. The molecule has 0 atom stereocenters. The number of H-pyrrole nitrogens is 1. The number of carbonyl (C=O) groups excluding carboxylic acids is 1. The van der Waals surface area contributed by atoms with Crippen LogP contribution in [-0.2, 0) is 17.4 Å². The smallest absolute Gasteiger partial charge is 0.416 e. The van der Waals surface area contributed by atoms with Crippen molar-refractivity contribution in [3.63, 3.8) is 0 Å². The van der Waals surface area contributed by atoms with Gasteiger partial charge in [-0.15, -0.1) is 0 Å². The molecule has 0 bridgehead atoms. The van der Waals surface area contributed by atoms with E-state index in [1.807, 2.05) is 18.2 Å². The monoisotopic (exact) mass is 363 g/mol. The zero-order valence-electron chi connectivity index (χ0n) is 14.0. The third kappa shape index (κ3) is 4.17. The Morgan fingerprint density at radius 3 is 2.54 bits per heavy atom. The van der Waals surface area contributed by atoms with Gasteiger partial charge >= 0.3 is 6.18 Å². The maximum atomic E-state index is 12.5. The molecule has 3 rings (SSSR count). The average molecular weight is 363 g/mol. The summed E-state index contributed by atoms with van der Waals surface area (Å²) in [7, 11) is 0. The van der Waals surface area contributed by atoms with Crippen LogP contribution in [0, 0.1) is 0 Å². The van der Waals surface area contributed by atoms with Crippen molar-refractivity contribution in [1.82, 2.24) is 4.98 Å². The predicted molar refractivity (Wildman–Crippen MR) is 93.2 cm³/mol. The molecule has 0 radical (unpaired) electrons. The van der Waals surface area contributed by atoms with Crippen molar-refractivity contribution < 1.29 is 22.7 Å². The summed E-state index contributed by atoms with van der Waals surface area (Å²) < 4.78 is 43.1. The van der Waals surface area contributed by atoms with Gasteiger partial charge in [-0.25, -0.2) is 0 Å². The summed E-state index contributed by atoms with van der Waals surface area (Å²) in [6.45, 7) is 1.78. The molecule has 26 heavy (non-hydrogen) atoms. The van der Waals surface area contributed by atoms with Gasteiger partial charge in [0.2, 0.25) is 5.91 Å². The Bertz CT molecular complexity index is 915. The minimum absolute atomic E-state index is 0.151. The fraction of sp³-hybridized carbons (Fsp3) is 0.211. The van der Waals surface area contributed by atoms with Gasteiger partial charge in [0.1, 0.15) is 5.75 Å². The van der Waals surface area contributed by atoms with Crippen LogP contribution < -0.4 is 10.1 Å². The summed E-state index contributed by atoms with van der Waals surface area (Å²) in [4.78, 5) is 14.3. The van der Waals surface area contributed by atoms with E-state index in [9.17, 15) is 18.0 Å². The van der Waals surface area contributed by atoms with E-state index in [-0.39, 0.29) is 5.91 Å². The molecule has 2 N–H and O–H groups in total. The number of aromatic nitrogens is 1. The lowest BCUT2D eigenvalue weighted by molar-refractivity contribution is -0.137. The van der Waals surface area contributed by atoms with Crippen LogP contribution in [0.1, 0.15) is 18.1 Å². The third-order valence-corrected chi connectivity index (χ3v) is 3.90. The van der Waals surface area contributed by atoms with Crippen molar-refractivity contribution in [3.8, 4) is 5.75 Å². The highest BCUT2D eigenvalue weighted by Gasteiger charge is 2.29. The molecule has 7 heteroatoms. The Balaban J connectivity index is 1.63. The molecule has 1 aromatic heterocycles. The minimum Gasteiger partial charge on any atom is -0.493 e. The van der Waals surface area contributed by atoms with Crippen LogP contribution in [-0.4, -0.2) is 17.5 Å². The summed E-state index contributed by atoms with van der Waals surface area (Å²) in [5.41, 5.74) is 1.91. The molecule has 0 aliphatic heterocycles. The van der Waals surface area contributed by atoms with Crippen LogP contribution in [0.2, 0.25) is 0 Å². The number of alkyl halides is 3. The number of ether oxygens (including phenoxy) is 1. The van der Waals surface area contributed by atoms with Crippen molar-refractivity contribution in [1.29, 1.82) is 0 Å². The molecule has 136 valence electrons. The second-order valence-corrected chi connectivity index (χ2v) is 5.88. The number of halogens is 3. The van der Waals surface area contributed by atoms with E-state index in [0.717, 1.165) is 28.6 Å². The van der Waals surface area contributed by atoms with Crippen LogP contribution in [0.4, 0.5) is 18.9 Å². The number of carbonyl (C=O) groups is 1. The summed E-state index contributed by atoms with van der Waals surface area (Å²) in [6, 6.07) is 10.4. The van der Waals surface area contributed by atoms with Crippen LogP contribution in [0.3, 0.4) is 0 Å². The number of rotatable bonds is 5. The number of nitrogens with one attached hydrogen (secondary N) is 2. The molecule has 1 amide bonds. The number of amides is 1. The van der Waals surface area contributed by atoms with Crippen LogP contribution in [0.25, 0.3) is 10.9 Å². The summed E-state index contributed by atoms with van der Waals surface area (Å²) in [5.74, 6) is 0.238. The molecule has 4 nitrogen and oxygen atoms in total. The first-order chi connectivity index (χ1) is 12.3. The van der Waals surface area contributed by atoms with Crippen molar-refractivity contribution in [2.75, 3.05) is 11.9 Å². The molecule has 0 spiro atoms. The number of benzene rings is 2. The van der Waals surface area contributed by atoms with E-state index < -0.39 is 11.7 Å². The van der Waals surface area contributed by atoms with Gasteiger partial charge in [-0.3, -0.25) is 4.79 Å². The number of fused-ring (bicyclic) bond motifs is 1. The largest absolute Gasteiger partial charge is 0.493 e. The Labute approximate surface area is 148 Å². The highest BCUT2D eigenvalue weighted by molar-refractivity contribution is 6.01. The van der Waals surface area contributed by atoms with Crippen molar-refractivity contribution in [2.45, 2.75) is 19.5 Å². The maximum absolute atomic E-state index is 12.5. The summed E-state index contributed by atoms with van der Waals surface area (Å²) in [6.07, 6.45) is -2.04. The lowest BCUT2D eigenvalue weighted by Crippen LogP contribution is -2.06. The molecule has 0 aliphatic carbocycles. The topological polar surface area (TPSA) is 54.1 Å². The van der Waals surface area contributed by atoms with E-state index in [2.05, 4.69) is 10.3 Å². The summed E-state index contributed by atoms with van der Waals surface area (Å²) in [5, 5.41) is 3.66. The van der Waals surface area contributed by atoms with Gasteiger partial charge in [0.05, 0.1) is 17.9 Å². The number of hydrogen-bond acceptors (Lipinski definition) is 2. The van der Waals surface area contributed by atoms with Crippen LogP contribution >= 0.6 is 0 Å². The van der Waals surface area contributed by atoms with Gasteiger partial charge in [-0.05, 0) is 42.0 Å². The molecule has 3 aromatic rings. The number of anilines is 1. The number of hydrogen-bond donors (Lipinski definition) is 2. The summed E-state index contributed by atoms with van der Waals surface area (Å²) >= 11 is 0. The van der Waals surface area contributed by atoms with Gasteiger partial charge in [0.15, 0.2) is 0 Å². The Hall–Kier alpha value is -2.96. The van der Waals surface area contributed by atoms with E-state index >= 15 is 0 Å². The molecule has 2 aromatic carbocycles. The zero-order chi connectivity index (χ0) is 18.7. The second-order valence-electron chi connectivity index (χ2n) is 5.88. The molecule has 0 unspecified atom stereocenters. The second kappa shape index (κ2) is 7.11. The fourth-order valence-corrected chi connectivity index (χ4v) is 2.64. The Morgan fingerprint density at radius 2 is 1.88 bits per heavy atom. The molecule has 0 saturated carbocycles. The molecule has 0 aliphatic rings. The van der Waals surface area contributed by atoms with E-state index in [1.54, 1.807) is 6.20 Å². The third-order valence-electron chi connectivity index (χ3n) is 3.90. The standard InChI is InChI=1S/C19H17F3N2O2/c1-12(25)24-18-11-23-17-7-2-13(10-16(17)18)8-9-26-15-5-3-14(4-6-15)19(20,21)22/h2-7,10-11,23H,8-9H2,1H3,(H,24,25)/i1+1. The molecule has 0 saturated heterocycles. The first-order valence-corrected chi connectivity index (χ1v) is 8.00. The first-order valence-electron chi connectivity index (χ1n) is 8.00. The number of aromatic amines is 1. The Kier molecular flexibility index (Phi) is 4.88. The van der Waals surface area contributed by atoms with E-state index in [1.165, 1.54) is 19.1 Å². The lowest BCUT2D eigenvalue weighted by atomic mass is 10.1. The van der Waals surface area contributed by atoms with E-state index in [0.29, 0.717) is 24.5 Å². The molecule has 0 fully saturated rings. The fourth-order valence-electron chi connectivity index (χ4n) is 2.64. The maximum Gasteiger partial charge on any atom is 0.416 e. The highest BCUT2D eigenvalue weighted by atomic mass is 19.4. The van der Waals surface area contributed by atoms with Crippen molar-refractivity contribution in [2.24, 2.45) is 0 Å². The SMILES string of the molecule is [13CH3]C(=O)Nc1c[nH]c2ccc(CCOc3ccc(C(F)(F)F)cc3)cc12. The molecule has 1 heterocycles. The van der Waals surface area contributed by atoms with Crippen molar-refractivity contribution >= 4 is 22.5 Å². The van der Waals surface area contributed by atoms with Crippen LogP contribution in [0.5, 0.6) is 5.75 Å². The van der Waals surface area contributed by atoms with Gasteiger partial charge in [-0.1, -0.05) is 6.07 Å². The molecular weight excluding hydrogens is 346 g/mol. The van der Waals surface area contributed by atoms with Crippen molar-refractivity contribution in [3.05, 3.63) is 59.8 Å². The zero-order valence-corrected chi connectivity index (χ0v) is 14.0. The quantitative estimate of drug-likeness (QED) is 0.642. The average Bonchev–Trinajstić information content (AvgIpc) is 2.96. The first kappa shape index (κ1) is 17.8. The van der Waals surface area contributed by atoms with E-state index in [4.69, 9.17) is 4.74 Å². The van der Waals surface area contributed by atoms with Gasteiger partial charge < -0.3 is 15.0 Å². The lowest BCUT2D eigenvalue weighted by Gasteiger charge is -2.09. The Morgan fingerprint density at radius 1 is 1.15 bits per heavy atom. The van der Waals surface area contributed by atoms with Gasteiger partial charge in [-0.2, -0.15) is 13.2 Å². The minimum atomic E-state index is -4.35.